The van der Waals surface area contributed by atoms with Crippen LogP contribution in [0.15, 0.2) is 47.4 Å². The number of aromatic amines is 1. The lowest BCUT2D eigenvalue weighted by atomic mass is 9.73. The number of hydrogen-bond donors (Lipinski definition) is 3. The number of fused-ring (bicyclic) bond motifs is 1. The van der Waals surface area contributed by atoms with E-state index in [0.29, 0.717) is 10.9 Å². The Morgan fingerprint density at radius 2 is 1.76 bits per heavy atom. The summed E-state index contributed by atoms with van der Waals surface area (Å²) in [4.78, 5) is 2.63. The van der Waals surface area contributed by atoms with E-state index in [2.05, 4.69) is 4.98 Å². The molecule has 0 aliphatic heterocycles. The molecule has 0 radical (unpaired) electrons. The minimum atomic E-state index is -5.08. The zero-order chi connectivity index (χ0) is 24.8. The molecule has 3 N–H and O–H groups in total. The summed E-state index contributed by atoms with van der Waals surface area (Å²) in [5, 5.41) is 31.2. The fourth-order valence-corrected chi connectivity index (χ4v) is 4.77. The molecule has 1 unspecified atom stereocenters. The number of para-hydroxylation sites is 1. The molecule has 1 heterocycles. The molecule has 1 atom stereocenters. The predicted molar refractivity (Wildman–Crippen MR) is 117 cm³/mol. The number of phenols is 1. The fraction of sp³-hybridized carbons (Fsp3) is 0.348. The first-order chi connectivity index (χ1) is 15.1. The Labute approximate surface area is 189 Å². The lowest BCUT2D eigenvalue weighted by Gasteiger charge is -2.38. The number of aromatic nitrogens is 1. The topological polar surface area (TPSA) is 114 Å². The minimum Gasteiger partial charge on any atom is -0.508 e. The molecule has 10 heteroatoms. The summed E-state index contributed by atoms with van der Waals surface area (Å²) in [5.41, 5.74) is -4.42. The number of nitrogens with one attached hydrogen (secondary N) is 1. The van der Waals surface area contributed by atoms with Crippen LogP contribution in [-0.2, 0) is 21.7 Å². The van der Waals surface area contributed by atoms with Gasteiger partial charge >= 0.3 is 6.18 Å². The molecule has 6 nitrogen and oxygen atoms in total. The van der Waals surface area contributed by atoms with Crippen molar-refractivity contribution in [3.8, 4) is 11.8 Å². The van der Waals surface area contributed by atoms with Crippen molar-refractivity contribution in [1.29, 1.82) is 5.26 Å². The van der Waals surface area contributed by atoms with Gasteiger partial charge in [0.1, 0.15) is 11.8 Å². The second kappa shape index (κ2) is 8.08. The van der Waals surface area contributed by atoms with E-state index >= 15 is 0 Å². The number of hydrogen-bond acceptors (Lipinski definition) is 5. The number of nitrogens with zero attached hydrogens (tertiary/aromatic N) is 1. The van der Waals surface area contributed by atoms with Crippen molar-refractivity contribution >= 4 is 20.7 Å². The molecule has 176 valence electrons. The first-order valence-electron chi connectivity index (χ1n) is 9.91. The fourth-order valence-electron chi connectivity index (χ4n) is 4.13. The third-order valence-corrected chi connectivity index (χ3v) is 6.86. The van der Waals surface area contributed by atoms with Crippen molar-refractivity contribution in [1.82, 2.24) is 4.98 Å². The Morgan fingerprint density at radius 3 is 2.33 bits per heavy atom. The van der Waals surface area contributed by atoms with E-state index in [-0.39, 0.29) is 27.5 Å². The van der Waals surface area contributed by atoms with E-state index in [0.717, 1.165) is 24.5 Å². The molecule has 3 aromatic rings. The highest BCUT2D eigenvalue weighted by molar-refractivity contribution is 7.90. The Bertz CT molecular complexity index is 1350. The molecule has 0 saturated heterocycles. The van der Waals surface area contributed by atoms with Gasteiger partial charge in [0.05, 0.1) is 10.5 Å². The zero-order valence-electron chi connectivity index (χ0n) is 18.2. The second-order valence-corrected chi connectivity index (χ2v) is 10.9. The maximum atomic E-state index is 14.2. The van der Waals surface area contributed by atoms with E-state index in [9.17, 15) is 37.1 Å². The van der Waals surface area contributed by atoms with Gasteiger partial charge in [0.2, 0.25) is 0 Å². The van der Waals surface area contributed by atoms with Crippen molar-refractivity contribution in [2.75, 3.05) is 6.26 Å². The molecule has 0 aliphatic rings. The third kappa shape index (κ3) is 4.70. The smallest absolute Gasteiger partial charge is 0.417 e. The van der Waals surface area contributed by atoms with Crippen LogP contribution in [0.5, 0.6) is 5.75 Å². The highest BCUT2D eigenvalue weighted by Gasteiger charge is 2.56. The standard InChI is InChI=1S/C23H23F3N2O4S/c1-21(2,17-10-14(33(3,31)32)8-9-20(17)29)13-22(30,23(24,25)26)11-19-16(12-27)15-6-4-5-7-18(15)28-19/h4-10,28-30H,11,13H2,1-3H3. The Balaban J connectivity index is 2.09. The molecule has 0 fully saturated rings. The lowest BCUT2D eigenvalue weighted by molar-refractivity contribution is -0.266. The van der Waals surface area contributed by atoms with Gasteiger partial charge in [-0.25, -0.2) is 8.42 Å². The molecule has 0 saturated carbocycles. The average Bonchev–Trinajstić information content (AvgIpc) is 3.02. The summed E-state index contributed by atoms with van der Waals surface area (Å²) >= 11 is 0. The van der Waals surface area contributed by atoms with E-state index in [1.807, 2.05) is 6.07 Å². The van der Waals surface area contributed by atoms with Gasteiger partial charge in [0.25, 0.3) is 0 Å². The summed E-state index contributed by atoms with van der Waals surface area (Å²) in [6.45, 7) is 2.75. The van der Waals surface area contributed by atoms with Crippen LogP contribution in [0, 0.1) is 11.3 Å². The normalized spacial score (nSPS) is 14.7. The van der Waals surface area contributed by atoms with Crippen LogP contribution >= 0.6 is 0 Å². The summed E-state index contributed by atoms with van der Waals surface area (Å²) < 4.78 is 66.4. The molecule has 0 aliphatic carbocycles. The van der Waals surface area contributed by atoms with Crippen LogP contribution in [0.3, 0.4) is 0 Å². The molecule has 3 rings (SSSR count). The minimum absolute atomic E-state index is 0.00741. The Kier molecular flexibility index (Phi) is 6.02. The number of aliphatic hydroxyl groups is 1. The van der Waals surface area contributed by atoms with Gasteiger partial charge in [0.15, 0.2) is 15.4 Å². The van der Waals surface area contributed by atoms with Crippen LogP contribution in [0.2, 0.25) is 0 Å². The Hall–Kier alpha value is -3.03. The SMILES string of the molecule is CC(C)(CC(O)(Cc1[nH]c2ccccc2c1C#N)C(F)(F)F)c1cc(S(C)(=O)=O)ccc1O. The number of sulfone groups is 1. The summed E-state index contributed by atoms with van der Waals surface area (Å²) in [6.07, 6.45) is -5.96. The highest BCUT2D eigenvalue weighted by atomic mass is 32.2. The number of H-pyrrole nitrogens is 1. The molecule has 2 aromatic carbocycles. The van der Waals surface area contributed by atoms with Gasteiger partial charge in [-0.3, -0.25) is 0 Å². The monoisotopic (exact) mass is 480 g/mol. The van der Waals surface area contributed by atoms with Crippen LogP contribution in [-0.4, -0.2) is 41.6 Å². The van der Waals surface area contributed by atoms with Gasteiger partial charge in [-0.1, -0.05) is 32.0 Å². The van der Waals surface area contributed by atoms with Crippen molar-refractivity contribution in [2.24, 2.45) is 0 Å². The molecular weight excluding hydrogens is 457 g/mol. The predicted octanol–water partition coefficient (Wildman–Crippen LogP) is 4.35. The number of phenolic OH excluding ortho intramolecular Hbond substituents is 1. The maximum Gasteiger partial charge on any atom is 0.417 e. The summed E-state index contributed by atoms with van der Waals surface area (Å²) in [7, 11) is -3.68. The average molecular weight is 481 g/mol. The van der Waals surface area contributed by atoms with Crippen LogP contribution < -0.4 is 0 Å². The molecule has 33 heavy (non-hydrogen) atoms. The van der Waals surface area contributed by atoms with E-state index in [1.165, 1.54) is 13.8 Å². The molecule has 1 aromatic heterocycles. The van der Waals surface area contributed by atoms with Crippen molar-refractivity contribution < 1.29 is 31.8 Å². The zero-order valence-corrected chi connectivity index (χ0v) is 19.0. The van der Waals surface area contributed by atoms with Crippen LogP contribution in [0.4, 0.5) is 13.2 Å². The largest absolute Gasteiger partial charge is 0.508 e. The van der Waals surface area contributed by atoms with Crippen LogP contribution in [0.1, 0.15) is 37.1 Å². The summed E-state index contributed by atoms with van der Waals surface area (Å²) in [5.74, 6) is -0.389. The van der Waals surface area contributed by atoms with Crippen molar-refractivity contribution in [3.63, 3.8) is 0 Å². The van der Waals surface area contributed by atoms with E-state index in [4.69, 9.17) is 0 Å². The van der Waals surface area contributed by atoms with Crippen LogP contribution in [0.25, 0.3) is 10.9 Å². The second-order valence-electron chi connectivity index (χ2n) is 8.85. The highest BCUT2D eigenvalue weighted by Crippen LogP contribution is 2.45. The number of nitriles is 1. The first kappa shape index (κ1) is 24.6. The van der Waals surface area contributed by atoms with Gasteiger partial charge in [0, 0.05) is 34.8 Å². The first-order valence-corrected chi connectivity index (χ1v) is 11.8. The van der Waals surface area contributed by atoms with E-state index in [1.54, 1.807) is 24.3 Å². The van der Waals surface area contributed by atoms with Gasteiger partial charge in [-0.05, 0) is 36.1 Å². The molecule has 0 amide bonds. The van der Waals surface area contributed by atoms with Gasteiger partial charge in [-0.2, -0.15) is 18.4 Å². The van der Waals surface area contributed by atoms with Crippen molar-refractivity contribution in [3.05, 3.63) is 59.3 Å². The molecular formula is C23H23F3N2O4S. The van der Waals surface area contributed by atoms with Gasteiger partial charge in [-0.15, -0.1) is 0 Å². The van der Waals surface area contributed by atoms with E-state index < -0.39 is 39.9 Å². The number of aromatic hydroxyl groups is 1. The maximum absolute atomic E-state index is 14.2. The summed E-state index contributed by atoms with van der Waals surface area (Å²) in [6, 6.07) is 11.8. The number of halogens is 3. The number of benzene rings is 2. The van der Waals surface area contributed by atoms with Crippen molar-refractivity contribution in [2.45, 2.75) is 48.8 Å². The molecule has 0 spiro atoms. The molecule has 0 bridgehead atoms. The quantitative estimate of drug-likeness (QED) is 0.485. The number of alkyl halides is 3. The van der Waals surface area contributed by atoms with Gasteiger partial charge < -0.3 is 15.2 Å². The number of rotatable bonds is 6. The lowest BCUT2D eigenvalue weighted by Crippen LogP contribution is -2.51. The third-order valence-electron chi connectivity index (χ3n) is 5.75. The Morgan fingerprint density at radius 1 is 1.12 bits per heavy atom.